The fourth-order valence-corrected chi connectivity index (χ4v) is 7.68. The van der Waals surface area contributed by atoms with Crippen LogP contribution in [0.2, 0.25) is 19.6 Å². The predicted octanol–water partition coefficient (Wildman–Crippen LogP) is 10.6. The fraction of sp³-hybridized carbons (Fsp3) is 0.171. The summed E-state index contributed by atoms with van der Waals surface area (Å²) in [7, 11) is -1.34. The molecule has 0 atom stereocenters. The third kappa shape index (κ3) is 7.14. The molecule has 0 bridgehead atoms. The van der Waals surface area contributed by atoms with E-state index in [4.69, 9.17) is 9.10 Å². The second-order valence-electron chi connectivity index (χ2n) is 12.8. The number of hydrogen-bond acceptors (Lipinski definition) is 3. The van der Waals surface area contributed by atoms with Crippen LogP contribution in [-0.2, 0) is 25.5 Å². The first-order valence-electron chi connectivity index (χ1n) is 16.7. The van der Waals surface area contributed by atoms with E-state index >= 15 is 0 Å². The van der Waals surface area contributed by atoms with Crippen molar-refractivity contribution in [3.8, 4) is 22.5 Å². The standard InChI is InChI=1S/C26H20NS.C15H18NSi.Ir/c1-26(2,18-9-4-3-5-10-18)19-15-16-27-23(17-19)22-13-8-12-21-20-11-6-7-14-24(20)28-25(21)22;1-12-5-7-13(8-6-12)15-10-9-14(11-16-15)17(2,3)4;/h3-12,14-17H,1-2H3;5-7,9-11H,1-4H3;/q2*-1;/i;1D3;. The molecule has 0 saturated heterocycles. The number of nitrogens with zero attached hydrogens (tertiary/aromatic N) is 2. The molecule has 0 saturated carbocycles. The summed E-state index contributed by atoms with van der Waals surface area (Å²) in [5.74, 6) is 0. The van der Waals surface area contributed by atoms with E-state index in [1.54, 1.807) is 12.1 Å². The van der Waals surface area contributed by atoms with Crippen molar-refractivity contribution in [3.05, 3.63) is 150 Å². The van der Waals surface area contributed by atoms with Crippen LogP contribution in [0.1, 0.15) is 34.7 Å². The molecule has 2 nitrogen and oxygen atoms in total. The number of rotatable bonds is 5. The van der Waals surface area contributed by atoms with E-state index in [0.29, 0.717) is 5.56 Å². The molecule has 7 aromatic rings. The molecule has 46 heavy (non-hydrogen) atoms. The van der Waals surface area contributed by atoms with Gasteiger partial charge in [-0.05, 0) is 49.9 Å². The van der Waals surface area contributed by atoms with Crippen molar-refractivity contribution in [3.63, 3.8) is 0 Å². The molecule has 0 amide bonds. The zero-order valence-corrected chi connectivity index (χ0v) is 30.9. The maximum Gasteiger partial charge on any atom is 0.0795 e. The molecule has 7 rings (SSSR count). The van der Waals surface area contributed by atoms with Gasteiger partial charge in [-0.3, -0.25) is 0 Å². The van der Waals surface area contributed by atoms with E-state index in [2.05, 4.69) is 129 Å². The molecule has 3 aromatic heterocycles. The fourth-order valence-electron chi connectivity index (χ4n) is 5.44. The van der Waals surface area contributed by atoms with Crippen LogP contribution < -0.4 is 5.19 Å². The summed E-state index contributed by atoms with van der Waals surface area (Å²) in [4.78, 5) is 9.18. The maximum atomic E-state index is 7.35. The largest absolute Gasteiger partial charge is 0.305 e. The SMILES string of the molecule is CC(C)(c1ccccc1)c1ccnc(-c2[c-]ccc3c2sc2ccccc23)c1.[2H]C([2H])([2H])c1c[c-]c(-c2ccc([Si](C)(C)C)cn2)cc1.[Ir]. The van der Waals surface area contributed by atoms with E-state index in [1.165, 1.54) is 42.6 Å². The van der Waals surface area contributed by atoms with Gasteiger partial charge < -0.3 is 9.97 Å². The van der Waals surface area contributed by atoms with Gasteiger partial charge in [0.05, 0.1) is 8.07 Å². The molecule has 233 valence electrons. The number of hydrogen-bond donors (Lipinski definition) is 0. The molecule has 0 aliphatic rings. The first kappa shape index (κ1) is 29.7. The molecule has 4 aromatic carbocycles. The van der Waals surface area contributed by atoms with Gasteiger partial charge in [-0.25, -0.2) is 0 Å². The Kier molecular flexibility index (Phi) is 8.99. The Morgan fingerprint density at radius 2 is 1.54 bits per heavy atom. The maximum absolute atomic E-state index is 7.35. The molecule has 0 N–H and O–H groups in total. The molecule has 0 unspecified atom stereocenters. The van der Waals surface area contributed by atoms with Crippen LogP contribution in [0, 0.1) is 19.0 Å². The van der Waals surface area contributed by atoms with E-state index in [1.807, 2.05) is 35.9 Å². The van der Waals surface area contributed by atoms with Gasteiger partial charge in [0.1, 0.15) is 0 Å². The van der Waals surface area contributed by atoms with Gasteiger partial charge in [0.15, 0.2) is 0 Å². The number of thiophene rings is 1. The summed E-state index contributed by atoms with van der Waals surface area (Å²) >= 11 is 1.82. The monoisotopic (exact) mass is 814 g/mol. The zero-order chi connectivity index (χ0) is 34.1. The summed E-state index contributed by atoms with van der Waals surface area (Å²) in [6, 6.07) is 43.2. The van der Waals surface area contributed by atoms with Crippen molar-refractivity contribution >= 4 is 44.8 Å². The third-order valence-corrected chi connectivity index (χ3v) is 11.5. The summed E-state index contributed by atoms with van der Waals surface area (Å²) in [6.45, 7) is 9.29. The summed E-state index contributed by atoms with van der Waals surface area (Å²) in [6.07, 6.45) is 3.85. The first-order valence-corrected chi connectivity index (χ1v) is 19.5. The van der Waals surface area contributed by atoms with Crippen molar-refractivity contribution in [1.82, 2.24) is 9.97 Å². The number of fused-ring (bicyclic) bond motifs is 3. The molecule has 5 heteroatoms. The van der Waals surface area contributed by atoms with Crippen LogP contribution >= 0.6 is 11.3 Å². The third-order valence-electron chi connectivity index (χ3n) is 8.29. The van der Waals surface area contributed by atoms with E-state index in [0.717, 1.165) is 22.5 Å². The Morgan fingerprint density at radius 3 is 2.24 bits per heavy atom. The van der Waals surface area contributed by atoms with Gasteiger partial charge in [-0.2, -0.15) is 11.3 Å². The molecule has 1 radical (unpaired) electrons. The van der Waals surface area contributed by atoms with E-state index < -0.39 is 14.9 Å². The van der Waals surface area contributed by atoms with Crippen molar-refractivity contribution in [1.29, 1.82) is 0 Å². The molecule has 0 fully saturated rings. The van der Waals surface area contributed by atoms with Crippen LogP contribution in [-0.4, -0.2) is 18.0 Å². The Hall–Kier alpha value is -3.73. The Morgan fingerprint density at radius 1 is 0.761 bits per heavy atom. The minimum Gasteiger partial charge on any atom is -0.305 e. The van der Waals surface area contributed by atoms with Gasteiger partial charge >= 0.3 is 0 Å². The topological polar surface area (TPSA) is 25.8 Å². The Balaban J connectivity index is 0.000000199. The molecule has 0 aliphatic carbocycles. The van der Waals surface area contributed by atoms with Crippen LogP contribution in [0.25, 0.3) is 42.7 Å². The first-order chi connectivity index (χ1) is 22.8. The number of aryl methyl sites for hydroxylation is 1. The minimum absolute atomic E-state index is 0. The molecule has 0 aliphatic heterocycles. The van der Waals surface area contributed by atoms with Crippen molar-refractivity contribution in [2.75, 3.05) is 0 Å². The number of benzene rings is 4. The molecule has 0 spiro atoms. The smallest absolute Gasteiger partial charge is 0.0795 e. The Labute approximate surface area is 296 Å². The van der Waals surface area contributed by atoms with E-state index in [-0.39, 0.29) is 25.5 Å². The van der Waals surface area contributed by atoms with Gasteiger partial charge in [0.25, 0.3) is 0 Å². The van der Waals surface area contributed by atoms with Crippen LogP contribution in [0.15, 0.2) is 122 Å². The summed E-state index contributed by atoms with van der Waals surface area (Å²) in [5.41, 5.74) is 6.49. The van der Waals surface area contributed by atoms with Gasteiger partial charge in [-0.1, -0.05) is 112 Å². The number of aromatic nitrogens is 2. The number of pyridine rings is 2. The van der Waals surface area contributed by atoms with Crippen molar-refractivity contribution in [2.24, 2.45) is 0 Å². The second-order valence-corrected chi connectivity index (χ2v) is 18.9. The van der Waals surface area contributed by atoms with Crippen molar-refractivity contribution < 1.29 is 24.2 Å². The molecule has 3 heterocycles. The van der Waals surface area contributed by atoms with Gasteiger partial charge in [0.2, 0.25) is 0 Å². The minimum atomic E-state index is -2.08. The molecular weight excluding hydrogens is 773 g/mol. The normalized spacial score (nSPS) is 12.8. The van der Waals surface area contributed by atoms with Crippen LogP contribution in [0.5, 0.6) is 0 Å². The van der Waals surface area contributed by atoms with Crippen molar-refractivity contribution in [2.45, 2.75) is 45.8 Å². The van der Waals surface area contributed by atoms with E-state index in [9.17, 15) is 0 Å². The average molecular weight is 814 g/mol. The summed E-state index contributed by atoms with van der Waals surface area (Å²) < 4.78 is 24.6. The Bertz CT molecular complexity index is 2120. The van der Waals surface area contributed by atoms with Gasteiger partial charge in [-0.15, -0.1) is 59.2 Å². The zero-order valence-electron chi connectivity index (χ0n) is 29.7. The van der Waals surface area contributed by atoms with Crippen LogP contribution in [0.4, 0.5) is 0 Å². The summed E-state index contributed by atoms with van der Waals surface area (Å²) in [5, 5.41) is 3.89. The quantitative estimate of drug-likeness (QED) is 0.128. The van der Waals surface area contributed by atoms with Gasteiger partial charge in [0, 0.05) is 46.7 Å². The predicted molar refractivity (Wildman–Crippen MR) is 196 cm³/mol. The average Bonchev–Trinajstić information content (AvgIpc) is 3.47. The van der Waals surface area contributed by atoms with Crippen LogP contribution in [0.3, 0.4) is 0 Å². The molecular formula is C41H38IrN2SSi-2. The second kappa shape index (κ2) is 13.9.